The summed E-state index contributed by atoms with van der Waals surface area (Å²) in [6, 6.07) is 13.4. The zero-order chi connectivity index (χ0) is 22.9. The molecular formula is C25H32O6. The van der Waals surface area contributed by atoms with E-state index in [9.17, 15) is 9.59 Å². The van der Waals surface area contributed by atoms with Crippen LogP contribution in [0, 0.1) is 11.3 Å². The summed E-state index contributed by atoms with van der Waals surface area (Å²) in [5.41, 5.74) is -0.163. The summed E-state index contributed by atoms with van der Waals surface area (Å²) >= 11 is 0. The second-order valence-corrected chi connectivity index (χ2v) is 8.14. The fourth-order valence-corrected chi connectivity index (χ4v) is 2.30. The van der Waals surface area contributed by atoms with E-state index in [0.717, 1.165) is 12.2 Å². The van der Waals surface area contributed by atoms with Crippen molar-refractivity contribution in [3.05, 3.63) is 54.1 Å². The van der Waals surface area contributed by atoms with Gasteiger partial charge in [-0.05, 0) is 74.7 Å². The van der Waals surface area contributed by atoms with E-state index in [1.165, 1.54) is 0 Å². The lowest BCUT2D eigenvalue weighted by atomic mass is 9.91. The van der Waals surface area contributed by atoms with Gasteiger partial charge in [-0.1, -0.05) is 27.2 Å². The number of esters is 2. The molecule has 31 heavy (non-hydrogen) atoms. The summed E-state index contributed by atoms with van der Waals surface area (Å²) in [6.45, 7) is 10.3. The smallest absolute Gasteiger partial charge is 0.343 e. The van der Waals surface area contributed by atoms with Gasteiger partial charge in [0.15, 0.2) is 0 Å². The molecule has 1 unspecified atom stereocenters. The number of ether oxygens (including phenoxy) is 4. The highest BCUT2D eigenvalue weighted by Crippen LogP contribution is 2.22. The van der Waals surface area contributed by atoms with Crippen molar-refractivity contribution in [2.24, 2.45) is 11.3 Å². The summed E-state index contributed by atoms with van der Waals surface area (Å²) in [6.07, 6.45) is 1.73. The van der Waals surface area contributed by atoms with Crippen molar-refractivity contribution in [3.63, 3.8) is 0 Å². The lowest BCUT2D eigenvalue weighted by molar-refractivity contribution is -0.160. The molecule has 1 atom stereocenters. The van der Waals surface area contributed by atoms with Crippen molar-refractivity contribution < 1.29 is 28.5 Å². The molecule has 0 spiro atoms. The van der Waals surface area contributed by atoms with E-state index in [0.29, 0.717) is 36.0 Å². The van der Waals surface area contributed by atoms with Gasteiger partial charge in [0.05, 0.1) is 17.6 Å². The highest BCUT2D eigenvalue weighted by Gasteiger charge is 2.27. The molecule has 0 radical (unpaired) electrons. The maximum Gasteiger partial charge on any atom is 0.343 e. The first kappa shape index (κ1) is 24.3. The zero-order valence-electron chi connectivity index (χ0n) is 19.0. The van der Waals surface area contributed by atoms with Crippen LogP contribution in [0.15, 0.2) is 48.5 Å². The third kappa shape index (κ3) is 7.63. The van der Waals surface area contributed by atoms with Gasteiger partial charge >= 0.3 is 11.9 Å². The standard InChI is InChI=1S/C25H32O6/c1-6-18(3)16-28-20-12-14-22(15-13-20)31-23(26)19-8-10-21(11-9-19)29-17-30-24(27)25(4,5)7-2/h8-15,18H,6-7,16-17H2,1-5H3. The van der Waals surface area contributed by atoms with Crippen molar-refractivity contribution in [2.75, 3.05) is 13.4 Å². The molecule has 0 saturated heterocycles. The molecule has 0 saturated carbocycles. The number of rotatable bonds is 11. The molecule has 0 N–H and O–H groups in total. The van der Waals surface area contributed by atoms with Crippen LogP contribution in [0.4, 0.5) is 0 Å². The minimum absolute atomic E-state index is 0.183. The summed E-state index contributed by atoms with van der Waals surface area (Å²) < 4.78 is 21.7. The molecule has 2 aromatic rings. The van der Waals surface area contributed by atoms with Crippen molar-refractivity contribution >= 4 is 11.9 Å². The van der Waals surface area contributed by atoms with Gasteiger partial charge in [0.1, 0.15) is 17.2 Å². The van der Waals surface area contributed by atoms with Crippen LogP contribution in [0.1, 0.15) is 57.8 Å². The number of benzene rings is 2. The largest absolute Gasteiger partial charge is 0.493 e. The Kier molecular flexibility index (Phi) is 8.91. The van der Waals surface area contributed by atoms with E-state index in [1.54, 1.807) is 48.5 Å². The average Bonchev–Trinajstić information content (AvgIpc) is 2.78. The Morgan fingerprint density at radius 2 is 1.42 bits per heavy atom. The maximum absolute atomic E-state index is 12.3. The van der Waals surface area contributed by atoms with Crippen LogP contribution >= 0.6 is 0 Å². The summed E-state index contributed by atoms with van der Waals surface area (Å²) in [5, 5.41) is 0. The third-order valence-electron chi connectivity index (χ3n) is 5.21. The van der Waals surface area contributed by atoms with Crippen LogP contribution in [0.2, 0.25) is 0 Å². The number of hydrogen-bond acceptors (Lipinski definition) is 6. The molecule has 0 aromatic heterocycles. The molecule has 0 aliphatic rings. The summed E-state index contributed by atoms with van der Waals surface area (Å²) in [7, 11) is 0. The van der Waals surface area contributed by atoms with E-state index in [1.807, 2.05) is 20.8 Å². The molecule has 2 rings (SSSR count). The van der Waals surface area contributed by atoms with Crippen LogP contribution < -0.4 is 14.2 Å². The molecule has 2 aromatic carbocycles. The Labute approximate surface area is 184 Å². The fourth-order valence-electron chi connectivity index (χ4n) is 2.30. The second kappa shape index (κ2) is 11.4. The quantitative estimate of drug-likeness (QED) is 0.262. The van der Waals surface area contributed by atoms with Crippen molar-refractivity contribution in [3.8, 4) is 17.2 Å². The van der Waals surface area contributed by atoms with Crippen molar-refractivity contribution in [2.45, 2.75) is 47.5 Å². The highest BCUT2D eigenvalue weighted by molar-refractivity contribution is 5.91. The first-order valence-corrected chi connectivity index (χ1v) is 10.6. The van der Waals surface area contributed by atoms with E-state index in [-0.39, 0.29) is 12.8 Å². The molecule has 6 nitrogen and oxygen atoms in total. The monoisotopic (exact) mass is 428 g/mol. The van der Waals surface area contributed by atoms with Gasteiger partial charge in [0.25, 0.3) is 0 Å². The lowest BCUT2D eigenvalue weighted by Crippen LogP contribution is -2.27. The predicted octanol–water partition coefficient (Wildman–Crippen LogP) is 5.65. The maximum atomic E-state index is 12.3. The molecule has 0 fully saturated rings. The Morgan fingerprint density at radius 3 is 2.00 bits per heavy atom. The van der Waals surface area contributed by atoms with Gasteiger partial charge in [-0.25, -0.2) is 4.79 Å². The van der Waals surface area contributed by atoms with Gasteiger partial charge in [-0.2, -0.15) is 0 Å². The fraction of sp³-hybridized carbons (Fsp3) is 0.440. The Hall–Kier alpha value is -3.02. The summed E-state index contributed by atoms with van der Waals surface area (Å²) in [4.78, 5) is 24.3. The van der Waals surface area contributed by atoms with Crippen LogP contribution in [0.3, 0.4) is 0 Å². The average molecular weight is 429 g/mol. The molecule has 0 bridgehead atoms. The van der Waals surface area contributed by atoms with Crippen LogP contribution in [-0.2, 0) is 9.53 Å². The van der Waals surface area contributed by atoms with Gasteiger partial charge < -0.3 is 18.9 Å². The highest BCUT2D eigenvalue weighted by atomic mass is 16.7. The number of carbonyl (C=O) groups excluding carboxylic acids is 2. The van der Waals surface area contributed by atoms with Crippen LogP contribution in [0.5, 0.6) is 17.2 Å². The third-order valence-corrected chi connectivity index (χ3v) is 5.21. The van der Waals surface area contributed by atoms with Gasteiger partial charge in [0, 0.05) is 0 Å². The first-order valence-electron chi connectivity index (χ1n) is 10.6. The molecule has 0 heterocycles. The van der Waals surface area contributed by atoms with Crippen LogP contribution in [-0.4, -0.2) is 25.3 Å². The molecule has 168 valence electrons. The van der Waals surface area contributed by atoms with E-state index < -0.39 is 11.4 Å². The SMILES string of the molecule is CCC(C)COc1ccc(OC(=O)c2ccc(OCOC(=O)C(C)(C)CC)cc2)cc1. The van der Waals surface area contributed by atoms with Gasteiger partial charge in [-0.3, -0.25) is 4.79 Å². The molecule has 0 aliphatic heterocycles. The summed E-state index contributed by atoms with van der Waals surface area (Å²) in [5.74, 6) is 1.36. The molecular weight excluding hydrogens is 396 g/mol. The van der Waals surface area contributed by atoms with Gasteiger partial charge in [0.2, 0.25) is 6.79 Å². The number of hydrogen-bond donors (Lipinski definition) is 0. The van der Waals surface area contributed by atoms with Crippen LogP contribution in [0.25, 0.3) is 0 Å². The van der Waals surface area contributed by atoms with Crippen molar-refractivity contribution in [1.29, 1.82) is 0 Å². The first-order chi connectivity index (χ1) is 14.7. The minimum Gasteiger partial charge on any atom is -0.493 e. The van der Waals surface area contributed by atoms with E-state index >= 15 is 0 Å². The van der Waals surface area contributed by atoms with E-state index in [4.69, 9.17) is 18.9 Å². The molecule has 6 heteroatoms. The Morgan fingerprint density at radius 1 is 0.871 bits per heavy atom. The molecule has 0 amide bonds. The Bertz CT molecular complexity index is 839. The predicted molar refractivity (Wildman–Crippen MR) is 118 cm³/mol. The normalized spacial score (nSPS) is 12.0. The number of carbonyl (C=O) groups is 2. The minimum atomic E-state index is -0.546. The Balaban J connectivity index is 1.83. The second-order valence-electron chi connectivity index (χ2n) is 8.14. The van der Waals surface area contributed by atoms with Crippen molar-refractivity contribution in [1.82, 2.24) is 0 Å². The lowest BCUT2D eigenvalue weighted by Gasteiger charge is -2.20. The van der Waals surface area contributed by atoms with E-state index in [2.05, 4.69) is 13.8 Å². The van der Waals surface area contributed by atoms with Gasteiger partial charge in [-0.15, -0.1) is 0 Å². The zero-order valence-corrected chi connectivity index (χ0v) is 19.0. The topological polar surface area (TPSA) is 71.1 Å². The molecule has 0 aliphatic carbocycles.